The Hall–Kier alpha value is -2.67. The number of amides is 1. The van der Waals surface area contributed by atoms with E-state index in [0.29, 0.717) is 19.1 Å². The van der Waals surface area contributed by atoms with Gasteiger partial charge >= 0.3 is 0 Å². The molecule has 1 aliphatic heterocycles. The van der Waals surface area contributed by atoms with E-state index in [1.54, 1.807) is 0 Å². The van der Waals surface area contributed by atoms with E-state index in [1.807, 2.05) is 54.3 Å². The van der Waals surface area contributed by atoms with Gasteiger partial charge in [0.05, 0.1) is 11.0 Å². The fourth-order valence-electron chi connectivity index (χ4n) is 3.86. The average molecular weight is 466 g/mol. The molecule has 1 aromatic heterocycles. The monoisotopic (exact) mass is 465 g/mol. The van der Waals surface area contributed by atoms with E-state index < -0.39 is 0 Å². The average Bonchev–Trinajstić information content (AvgIpc) is 3.59. The van der Waals surface area contributed by atoms with Crippen molar-refractivity contribution in [3.8, 4) is 0 Å². The molecule has 1 saturated carbocycles. The smallest absolute Gasteiger partial charge is 0.254 e. The molecule has 2 aromatic carbocycles. The molecule has 1 N–H and O–H groups in total. The lowest BCUT2D eigenvalue weighted by Crippen LogP contribution is -2.49. The topological polar surface area (TPSA) is 61.4 Å². The third-order valence-electron chi connectivity index (χ3n) is 5.83. The molecule has 0 radical (unpaired) electrons. The second-order valence-electron chi connectivity index (χ2n) is 7.99. The molecule has 3 aromatic rings. The van der Waals surface area contributed by atoms with Crippen molar-refractivity contribution < 1.29 is 4.79 Å². The third kappa shape index (κ3) is 3.74. The summed E-state index contributed by atoms with van der Waals surface area (Å²) in [6, 6.07) is 14.3. The van der Waals surface area contributed by atoms with Gasteiger partial charge < -0.3 is 15.1 Å². The van der Waals surface area contributed by atoms with E-state index >= 15 is 0 Å². The largest absolute Gasteiger partial charge is 0.364 e. The van der Waals surface area contributed by atoms with Crippen LogP contribution in [0.1, 0.15) is 28.8 Å². The third-order valence-corrected chi connectivity index (χ3v) is 6.69. The normalized spacial score (nSPS) is 16.7. The quantitative estimate of drug-likeness (QED) is 0.624. The Morgan fingerprint density at radius 3 is 2.40 bits per heavy atom. The molecule has 6 nitrogen and oxygen atoms in total. The minimum Gasteiger partial charge on any atom is -0.364 e. The molecule has 0 atom stereocenters. The van der Waals surface area contributed by atoms with Gasteiger partial charge in [-0.15, -0.1) is 0 Å². The number of fused-ring (bicyclic) bond motifs is 1. The van der Waals surface area contributed by atoms with Gasteiger partial charge in [0.25, 0.3) is 5.91 Å². The number of halogens is 1. The van der Waals surface area contributed by atoms with E-state index in [0.717, 1.165) is 51.4 Å². The molecule has 2 heterocycles. The summed E-state index contributed by atoms with van der Waals surface area (Å²) in [6.07, 6.45) is 2.37. The molecule has 154 valence electrons. The standard InChI is InChI=1S/C23H24BrN5O/c1-15-17(5-4-6-18(15)24)23(30)29-13-11-28(12-14-29)22-21(25-16-9-10-16)26-19-7-2-3-8-20(19)27-22/h2-8,16H,9-14H2,1H3,(H,25,26). The number of hydrogen-bond acceptors (Lipinski definition) is 5. The van der Waals surface area contributed by atoms with Gasteiger partial charge in [-0.3, -0.25) is 4.79 Å². The van der Waals surface area contributed by atoms with Crippen LogP contribution in [0.2, 0.25) is 0 Å². The molecule has 1 amide bonds. The number of nitrogens with zero attached hydrogens (tertiary/aromatic N) is 4. The van der Waals surface area contributed by atoms with Gasteiger partial charge in [0.15, 0.2) is 11.6 Å². The molecule has 0 unspecified atom stereocenters. The van der Waals surface area contributed by atoms with Crippen molar-refractivity contribution in [3.05, 3.63) is 58.1 Å². The van der Waals surface area contributed by atoms with Crippen LogP contribution in [0.15, 0.2) is 46.9 Å². The van der Waals surface area contributed by atoms with Gasteiger partial charge in [0.1, 0.15) is 0 Å². The maximum Gasteiger partial charge on any atom is 0.254 e. The highest BCUT2D eigenvalue weighted by atomic mass is 79.9. The van der Waals surface area contributed by atoms with E-state index in [4.69, 9.17) is 9.97 Å². The van der Waals surface area contributed by atoms with Gasteiger partial charge in [-0.05, 0) is 49.6 Å². The van der Waals surface area contributed by atoms with Crippen LogP contribution in [-0.2, 0) is 0 Å². The summed E-state index contributed by atoms with van der Waals surface area (Å²) in [6.45, 7) is 4.80. The molecule has 0 spiro atoms. The highest BCUT2D eigenvalue weighted by Crippen LogP contribution is 2.31. The highest BCUT2D eigenvalue weighted by molar-refractivity contribution is 9.10. The molecule has 1 aliphatic carbocycles. The van der Waals surface area contributed by atoms with E-state index in [-0.39, 0.29) is 5.91 Å². The van der Waals surface area contributed by atoms with Crippen molar-refractivity contribution in [3.63, 3.8) is 0 Å². The Morgan fingerprint density at radius 2 is 1.70 bits per heavy atom. The molecular weight excluding hydrogens is 442 g/mol. The zero-order valence-corrected chi connectivity index (χ0v) is 18.5. The molecule has 7 heteroatoms. The first-order valence-electron chi connectivity index (χ1n) is 10.4. The number of carbonyl (C=O) groups excluding carboxylic acids is 1. The maximum atomic E-state index is 13.1. The first kappa shape index (κ1) is 19.3. The molecule has 5 rings (SSSR count). The van der Waals surface area contributed by atoms with Crippen molar-refractivity contribution in [1.82, 2.24) is 14.9 Å². The predicted octanol–water partition coefficient (Wildman–Crippen LogP) is 4.24. The Labute approximate surface area is 184 Å². The summed E-state index contributed by atoms with van der Waals surface area (Å²) >= 11 is 3.53. The van der Waals surface area contributed by atoms with E-state index in [9.17, 15) is 4.79 Å². The fraction of sp³-hybridized carbons (Fsp3) is 0.348. The Kier molecular flexibility index (Phi) is 5.06. The number of anilines is 2. The van der Waals surface area contributed by atoms with Crippen molar-refractivity contribution in [2.24, 2.45) is 0 Å². The van der Waals surface area contributed by atoms with Crippen LogP contribution < -0.4 is 10.2 Å². The summed E-state index contributed by atoms with van der Waals surface area (Å²) in [5, 5.41) is 3.55. The Bertz CT molecular complexity index is 1110. The summed E-state index contributed by atoms with van der Waals surface area (Å²) in [5.74, 6) is 1.85. The summed E-state index contributed by atoms with van der Waals surface area (Å²) < 4.78 is 0.967. The lowest BCUT2D eigenvalue weighted by atomic mass is 10.1. The molecule has 30 heavy (non-hydrogen) atoms. The minimum absolute atomic E-state index is 0.0920. The van der Waals surface area contributed by atoms with Crippen LogP contribution in [-0.4, -0.2) is 53.0 Å². The zero-order valence-electron chi connectivity index (χ0n) is 16.9. The lowest BCUT2D eigenvalue weighted by Gasteiger charge is -2.36. The number of benzene rings is 2. The van der Waals surface area contributed by atoms with Gasteiger partial charge in [-0.25, -0.2) is 9.97 Å². The number of piperazine rings is 1. The summed E-state index contributed by atoms with van der Waals surface area (Å²) in [7, 11) is 0. The predicted molar refractivity (Wildman–Crippen MR) is 123 cm³/mol. The second kappa shape index (κ2) is 7.87. The summed E-state index contributed by atoms with van der Waals surface area (Å²) in [5.41, 5.74) is 3.56. The van der Waals surface area contributed by atoms with Crippen molar-refractivity contribution in [2.75, 3.05) is 36.4 Å². The van der Waals surface area contributed by atoms with E-state index in [2.05, 4.69) is 26.1 Å². The van der Waals surface area contributed by atoms with Crippen LogP contribution in [0, 0.1) is 6.92 Å². The van der Waals surface area contributed by atoms with Crippen LogP contribution >= 0.6 is 15.9 Å². The lowest BCUT2D eigenvalue weighted by molar-refractivity contribution is 0.0746. The zero-order chi connectivity index (χ0) is 20.7. The van der Waals surface area contributed by atoms with Gasteiger partial charge in [0.2, 0.25) is 0 Å². The van der Waals surface area contributed by atoms with Crippen LogP contribution in [0.3, 0.4) is 0 Å². The van der Waals surface area contributed by atoms with Gasteiger partial charge in [-0.1, -0.05) is 34.1 Å². The maximum absolute atomic E-state index is 13.1. The first-order valence-corrected chi connectivity index (χ1v) is 11.2. The van der Waals surface area contributed by atoms with E-state index in [1.165, 1.54) is 12.8 Å². The summed E-state index contributed by atoms with van der Waals surface area (Å²) in [4.78, 5) is 27.0. The SMILES string of the molecule is Cc1c(Br)cccc1C(=O)N1CCN(c2nc3ccccc3nc2NC2CC2)CC1. The van der Waals surface area contributed by atoms with Gasteiger partial charge in [-0.2, -0.15) is 0 Å². The van der Waals surface area contributed by atoms with Gasteiger partial charge in [0, 0.05) is 42.3 Å². The number of aromatic nitrogens is 2. The molecule has 2 fully saturated rings. The molecule has 0 bridgehead atoms. The molecule has 2 aliphatic rings. The molecule has 1 saturated heterocycles. The van der Waals surface area contributed by atoms with Crippen molar-refractivity contribution >= 4 is 44.5 Å². The van der Waals surface area contributed by atoms with Crippen LogP contribution in [0.4, 0.5) is 11.6 Å². The van der Waals surface area contributed by atoms with Crippen molar-refractivity contribution in [2.45, 2.75) is 25.8 Å². The number of nitrogens with one attached hydrogen (secondary N) is 1. The fourth-order valence-corrected chi connectivity index (χ4v) is 4.23. The number of carbonyl (C=O) groups is 1. The number of hydrogen-bond donors (Lipinski definition) is 1. The van der Waals surface area contributed by atoms with Crippen LogP contribution in [0.5, 0.6) is 0 Å². The molecular formula is C23H24BrN5O. The van der Waals surface area contributed by atoms with Crippen molar-refractivity contribution in [1.29, 1.82) is 0 Å². The first-order chi connectivity index (χ1) is 14.6. The minimum atomic E-state index is 0.0920. The number of rotatable bonds is 4. The number of para-hydroxylation sites is 2. The highest BCUT2D eigenvalue weighted by Gasteiger charge is 2.28. The Balaban J connectivity index is 1.36. The van der Waals surface area contributed by atoms with Crippen LogP contribution in [0.25, 0.3) is 11.0 Å². The second-order valence-corrected chi connectivity index (χ2v) is 8.85. The Morgan fingerprint density at radius 1 is 1.00 bits per heavy atom.